The lowest BCUT2D eigenvalue weighted by atomic mass is 10.1. The maximum absolute atomic E-state index is 11.7. The second-order valence-electron chi connectivity index (χ2n) is 3.73. The molecule has 1 fully saturated rings. The number of aliphatic hydroxyl groups excluding tert-OH is 1. The molecule has 2 heterocycles. The van der Waals surface area contributed by atoms with E-state index in [1.165, 1.54) is 6.07 Å². The molecule has 6 heteroatoms. The van der Waals surface area contributed by atoms with Crippen LogP contribution in [-0.4, -0.2) is 24.4 Å². The molecule has 1 aromatic rings. The van der Waals surface area contributed by atoms with Gasteiger partial charge in [0.15, 0.2) is 15.6 Å². The zero-order valence-electron chi connectivity index (χ0n) is 8.22. The topological polar surface area (TPSA) is 80.4 Å². The largest absolute Gasteiger partial charge is 0.390 e. The fraction of sp³-hybridized carbons (Fsp3) is 0.667. The molecule has 1 aromatic heterocycles. The molecular formula is C9H13NO4S. The van der Waals surface area contributed by atoms with Crippen LogP contribution in [0.4, 0.5) is 0 Å². The summed E-state index contributed by atoms with van der Waals surface area (Å²) < 4.78 is 28.4. The van der Waals surface area contributed by atoms with Crippen molar-refractivity contribution in [1.29, 1.82) is 0 Å². The minimum atomic E-state index is -3.09. The third kappa shape index (κ3) is 2.05. The summed E-state index contributed by atoms with van der Waals surface area (Å²) in [4.78, 5) is 0. The molecule has 2 rings (SSSR count). The Morgan fingerprint density at radius 3 is 2.93 bits per heavy atom. The number of nitrogens with zero attached hydrogens (tertiary/aromatic N) is 1. The highest BCUT2D eigenvalue weighted by Crippen LogP contribution is 2.33. The van der Waals surface area contributed by atoms with Crippen LogP contribution in [0.5, 0.6) is 0 Å². The van der Waals surface area contributed by atoms with Crippen LogP contribution in [0.25, 0.3) is 0 Å². The highest BCUT2D eigenvalue weighted by molar-refractivity contribution is 7.91. The molecule has 1 aliphatic heterocycles. The Balaban J connectivity index is 2.29. The number of sulfone groups is 1. The minimum absolute atomic E-state index is 0.215. The van der Waals surface area contributed by atoms with Crippen molar-refractivity contribution in [2.45, 2.75) is 31.1 Å². The van der Waals surface area contributed by atoms with Gasteiger partial charge >= 0.3 is 0 Å². The van der Waals surface area contributed by atoms with Gasteiger partial charge in [-0.3, -0.25) is 0 Å². The lowest BCUT2D eigenvalue weighted by Crippen LogP contribution is -2.21. The maximum Gasteiger partial charge on any atom is 0.160 e. The van der Waals surface area contributed by atoms with Gasteiger partial charge in [0.1, 0.15) is 10.9 Å². The van der Waals surface area contributed by atoms with E-state index in [1.807, 2.05) is 0 Å². The van der Waals surface area contributed by atoms with Crippen LogP contribution in [0.2, 0.25) is 0 Å². The molecule has 1 saturated heterocycles. The fourth-order valence-electron chi connectivity index (χ4n) is 1.83. The van der Waals surface area contributed by atoms with E-state index in [0.29, 0.717) is 17.9 Å². The number of rotatable bonds is 2. The van der Waals surface area contributed by atoms with Crippen LogP contribution < -0.4 is 0 Å². The predicted octanol–water partition coefficient (Wildman–Crippen LogP) is 0.807. The van der Waals surface area contributed by atoms with Crippen LogP contribution in [0, 0.1) is 0 Å². The van der Waals surface area contributed by atoms with Gasteiger partial charge in [0.25, 0.3) is 0 Å². The fourth-order valence-corrected chi connectivity index (χ4v) is 3.71. The van der Waals surface area contributed by atoms with Crippen LogP contribution in [0.1, 0.15) is 36.0 Å². The summed E-state index contributed by atoms with van der Waals surface area (Å²) in [6.07, 6.45) is 2.20. The van der Waals surface area contributed by atoms with Gasteiger partial charge in [-0.1, -0.05) is 11.6 Å². The molecule has 0 bridgehead atoms. The SMILES string of the molecule is O=S1(=O)CCCCC1c1cc(CO)no1. The molecule has 0 aliphatic carbocycles. The van der Waals surface area contributed by atoms with Crippen molar-refractivity contribution in [2.24, 2.45) is 0 Å². The Labute approximate surface area is 88.0 Å². The first-order chi connectivity index (χ1) is 7.13. The first kappa shape index (κ1) is 10.6. The average Bonchev–Trinajstić information content (AvgIpc) is 2.65. The van der Waals surface area contributed by atoms with E-state index in [1.54, 1.807) is 0 Å². The van der Waals surface area contributed by atoms with Gasteiger partial charge in [0.2, 0.25) is 0 Å². The summed E-state index contributed by atoms with van der Waals surface area (Å²) in [5.41, 5.74) is 0.380. The smallest absolute Gasteiger partial charge is 0.160 e. The Bertz CT molecular complexity index is 437. The molecule has 0 radical (unpaired) electrons. The molecular weight excluding hydrogens is 218 g/mol. The van der Waals surface area contributed by atoms with E-state index in [2.05, 4.69) is 5.16 Å². The normalized spacial score (nSPS) is 25.3. The summed E-state index contributed by atoms with van der Waals surface area (Å²) in [7, 11) is -3.09. The van der Waals surface area contributed by atoms with Gasteiger partial charge in [0, 0.05) is 6.07 Å². The average molecular weight is 231 g/mol. The van der Waals surface area contributed by atoms with E-state index < -0.39 is 15.1 Å². The van der Waals surface area contributed by atoms with E-state index >= 15 is 0 Å². The van der Waals surface area contributed by atoms with Crippen LogP contribution in [-0.2, 0) is 16.4 Å². The van der Waals surface area contributed by atoms with Crippen molar-refractivity contribution in [3.05, 3.63) is 17.5 Å². The quantitative estimate of drug-likeness (QED) is 0.814. The Morgan fingerprint density at radius 2 is 2.33 bits per heavy atom. The highest BCUT2D eigenvalue weighted by atomic mass is 32.2. The van der Waals surface area contributed by atoms with Gasteiger partial charge in [-0.05, 0) is 12.8 Å². The Morgan fingerprint density at radius 1 is 1.53 bits per heavy atom. The van der Waals surface area contributed by atoms with Crippen molar-refractivity contribution in [3.63, 3.8) is 0 Å². The van der Waals surface area contributed by atoms with Crippen LogP contribution in [0.3, 0.4) is 0 Å². The van der Waals surface area contributed by atoms with Crippen LogP contribution >= 0.6 is 0 Å². The summed E-state index contributed by atoms with van der Waals surface area (Å²) in [5.74, 6) is 0.575. The molecule has 5 nitrogen and oxygen atoms in total. The first-order valence-electron chi connectivity index (χ1n) is 4.91. The first-order valence-corrected chi connectivity index (χ1v) is 6.63. The molecule has 1 N–H and O–H groups in total. The van der Waals surface area contributed by atoms with Crippen molar-refractivity contribution in [2.75, 3.05) is 5.75 Å². The number of hydrogen-bond acceptors (Lipinski definition) is 5. The van der Waals surface area contributed by atoms with Crippen LogP contribution in [0.15, 0.2) is 10.6 Å². The maximum atomic E-state index is 11.7. The van der Waals surface area contributed by atoms with Crippen molar-refractivity contribution in [3.8, 4) is 0 Å². The molecule has 0 spiro atoms. The molecule has 15 heavy (non-hydrogen) atoms. The molecule has 1 unspecified atom stereocenters. The number of hydrogen-bond donors (Lipinski definition) is 1. The second-order valence-corrected chi connectivity index (χ2v) is 6.03. The lowest BCUT2D eigenvalue weighted by Gasteiger charge is -2.19. The molecule has 1 atom stereocenters. The third-order valence-electron chi connectivity index (χ3n) is 2.64. The van der Waals surface area contributed by atoms with Gasteiger partial charge in [-0.25, -0.2) is 8.42 Å². The zero-order chi connectivity index (χ0) is 10.9. The molecule has 84 valence electrons. The summed E-state index contributed by atoms with van der Waals surface area (Å²) in [6.45, 7) is -0.226. The summed E-state index contributed by atoms with van der Waals surface area (Å²) in [5, 5.41) is 11.8. The predicted molar refractivity (Wildman–Crippen MR) is 52.8 cm³/mol. The highest BCUT2D eigenvalue weighted by Gasteiger charge is 2.33. The lowest BCUT2D eigenvalue weighted by molar-refractivity contribution is 0.264. The van der Waals surface area contributed by atoms with Crippen molar-refractivity contribution in [1.82, 2.24) is 5.16 Å². The number of aromatic nitrogens is 1. The molecule has 1 aliphatic rings. The Hall–Kier alpha value is -0.880. The summed E-state index contributed by atoms with van der Waals surface area (Å²) in [6, 6.07) is 1.52. The van der Waals surface area contributed by atoms with E-state index in [0.717, 1.165) is 12.8 Å². The summed E-state index contributed by atoms with van der Waals surface area (Å²) >= 11 is 0. The standard InChI is InChI=1S/C9H13NO4S/c11-6-7-5-8(14-10-7)9-3-1-2-4-15(9,12)13/h5,9,11H,1-4,6H2. The number of aliphatic hydroxyl groups is 1. The monoisotopic (exact) mass is 231 g/mol. The van der Waals surface area contributed by atoms with Gasteiger partial charge < -0.3 is 9.63 Å². The third-order valence-corrected chi connectivity index (χ3v) is 4.83. The van der Waals surface area contributed by atoms with E-state index in [4.69, 9.17) is 9.63 Å². The van der Waals surface area contributed by atoms with Gasteiger partial charge in [-0.2, -0.15) is 0 Å². The zero-order valence-corrected chi connectivity index (χ0v) is 9.03. The van der Waals surface area contributed by atoms with Crippen molar-refractivity contribution < 1.29 is 18.0 Å². The Kier molecular flexibility index (Phi) is 2.79. The van der Waals surface area contributed by atoms with E-state index in [-0.39, 0.29) is 12.4 Å². The second kappa shape index (κ2) is 3.94. The molecule has 0 saturated carbocycles. The minimum Gasteiger partial charge on any atom is -0.390 e. The molecule has 0 amide bonds. The van der Waals surface area contributed by atoms with Gasteiger partial charge in [-0.15, -0.1) is 0 Å². The molecule has 0 aromatic carbocycles. The van der Waals surface area contributed by atoms with Gasteiger partial charge in [0.05, 0.1) is 12.4 Å². The van der Waals surface area contributed by atoms with Crippen molar-refractivity contribution >= 4 is 9.84 Å². The van der Waals surface area contributed by atoms with E-state index in [9.17, 15) is 8.42 Å².